The van der Waals surface area contributed by atoms with Crippen molar-refractivity contribution in [2.24, 2.45) is 5.92 Å². The molecule has 3 aromatic rings. The summed E-state index contributed by atoms with van der Waals surface area (Å²) in [7, 11) is 3.18. The van der Waals surface area contributed by atoms with E-state index in [0.717, 1.165) is 41.7 Å². The molecule has 1 amide bonds. The van der Waals surface area contributed by atoms with Crippen LogP contribution in [0.15, 0.2) is 64.8 Å². The fraction of sp³-hybridized carbons (Fsp3) is 0.320. The molecule has 0 spiro atoms. The molecule has 1 aliphatic rings. The Balaban J connectivity index is 1.39. The van der Waals surface area contributed by atoms with E-state index in [0.29, 0.717) is 17.2 Å². The van der Waals surface area contributed by atoms with Crippen LogP contribution in [-0.2, 0) is 4.79 Å². The van der Waals surface area contributed by atoms with Crippen molar-refractivity contribution < 1.29 is 14.3 Å². The minimum Gasteiger partial charge on any atom is -0.497 e. The molecule has 0 saturated carbocycles. The van der Waals surface area contributed by atoms with Gasteiger partial charge in [-0.05, 0) is 44.0 Å². The van der Waals surface area contributed by atoms with Gasteiger partial charge >= 0.3 is 0 Å². The van der Waals surface area contributed by atoms with E-state index in [9.17, 15) is 4.79 Å². The summed E-state index contributed by atoms with van der Waals surface area (Å²) in [6.07, 6.45) is 4.94. The first-order valence-electron chi connectivity index (χ1n) is 10.9. The minimum atomic E-state index is -0.0714. The number of piperidine rings is 1. The number of nitrogens with one attached hydrogen (secondary N) is 1. The van der Waals surface area contributed by atoms with E-state index in [2.05, 4.69) is 51.4 Å². The Morgan fingerprint density at radius 1 is 1.03 bits per heavy atom. The van der Waals surface area contributed by atoms with E-state index in [1.807, 2.05) is 6.07 Å². The first-order chi connectivity index (χ1) is 16.1. The van der Waals surface area contributed by atoms with Gasteiger partial charge < -0.3 is 19.7 Å². The van der Waals surface area contributed by atoms with Gasteiger partial charge in [0, 0.05) is 42.4 Å². The van der Waals surface area contributed by atoms with Gasteiger partial charge in [-0.15, -0.1) is 0 Å². The van der Waals surface area contributed by atoms with Gasteiger partial charge in [-0.3, -0.25) is 4.79 Å². The zero-order chi connectivity index (χ0) is 23.2. The number of rotatable bonds is 7. The lowest BCUT2D eigenvalue weighted by atomic mass is 9.96. The normalized spacial score (nSPS) is 14.1. The molecule has 0 radical (unpaired) electrons. The van der Waals surface area contributed by atoms with Crippen LogP contribution in [0.4, 0.5) is 11.5 Å². The third kappa shape index (κ3) is 5.57. The number of carbonyl (C=O) groups excluding carboxylic acids is 1. The van der Waals surface area contributed by atoms with Gasteiger partial charge in [0.2, 0.25) is 5.91 Å². The van der Waals surface area contributed by atoms with E-state index in [1.54, 1.807) is 50.5 Å². The molecule has 2 aromatic carbocycles. The summed E-state index contributed by atoms with van der Waals surface area (Å²) >= 11 is 1.61. The molecule has 33 heavy (non-hydrogen) atoms. The summed E-state index contributed by atoms with van der Waals surface area (Å²) in [5.74, 6) is 2.07. The number of carbonyl (C=O) groups is 1. The molecular weight excluding hydrogens is 436 g/mol. The molecule has 0 aliphatic carbocycles. The molecule has 1 aliphatic heterocycles. The summed E-state index contributed by atoms with van der Waals surface area (Å²) in [5, 5.41) is 3.90. The Morgan fingerprint density at radius 3 is 2.45 bits per heavy atom. The summed E-state index contributed by atoms with van der Waals surface area (Å²) in [6.45, 7) is 3.57. The number of anilines is 2. The molecule has 1 N–H and O–H groups in total. The highest BCUT2D eigenvalue weighted by atomic mass is 32.2. The average Bonchev–Trinajstić information content (AvgIpc) is 2.86. The Morgan fingerprint density at radius 2 is 1.76 bits per heavy atom. The number of aromatic nitrogens is 2. The van der Waals surface area contributed by atoms with Crippen molar-refractivity contribution in [3.63, 3.8) is 0 Å². The number of hydrogen-bond acceptors (Lipinski definition) is 7. The first-order valence-corrected chi connectivity index (χ1v) is 11.7. The topological polar surface area (TPSA) is 76.6 Å². The molecule has 172 valence electrons. The molecule has 2 heterocycles. The van der Waals surface area contributed by atoms with Crippen molar-refractivity contribution in [2.75, 3.05) is 37.5 Å². The van der Waals surface area contributed by atoms with Crippen molar-refractivity contribution in [3.05, 3.63) is 60.4 Å². The van der Waals surface area contributed by atoms with E-state index >= 15 is 0 Å². The average molecular weight is 465 g/mol. The maximum Gasteiger partial charge on any atom is 0.227 e. The lowest BCUT2D eigenvalue weighted by Gasteiger charge is -2.32. The first kappa shape index (κ1) is 22.9. The second kappa shape index (κ2) is 10.6. The van der Waals surface area contributed by atoms with Gasteiger partial charge in [0.1, 0.15) is 16.5 Å². The van der Waals surface area contributed by atoms with Crippen molar-refractivity contribution in [1.29, 1.82) is 0 Å². The molecule has 7 nitrogen and oxygen atoms in total. The lowest BCUT2D eigenvalue weighted by Crippen LogP contribution is -2.39. The maximum atomic E-state index is 12.9. The maximum absolute atomic E-state index is 12.9. The van der Waals surface area contributed by atoms with Crippen molar-refractivity contribution in [3.8, 4) is 11.5 Å². The number of methoxy groups -OCH3 is 2. The molecular formula is C25H28N4O3S. The van der Waals surface area contributed by atoms with E-state index in [-0.39, 0.29) is 11.8 Å². The van der Waals surface area contributed by atoms with Crippen LogP contribution in [0.2, 0.25) is 0 Å². The molecule has 0 atom stereocenters. The molecule has 1 fully saturated rings. The van der Waals surface area contributed by atoms with Gasteiger partial charge in [0.05, 0.1) is 19.9 Å². The summed E-state index contributed by atoms with van der Waals surface area (Å²) in [6, 6.07) is 13.8. The van der Waals surface area contributed by atoms with Gasteiger partial charge in [-0.2, -0.15) is 0 Å². The zero-order valence-electron chi connectivity index (χ0n) is 19.1. The fourth-order valence-corrected chi connectivity index (χ4v) is 4.70. The second-order valence-electron chi connectivity index (χ2n) is 7.92. The van der Waals surface area contributed by atoms with Crippen LogP contribution in [0, 0.1) is 12.8 Å². The highest BCUT2D eigenvalue weighted by Gasteiger charge is 2.27. The van der Waals surface area contributed by atoms with E-state index < -0.39 is 0 Å². The summed E-state index contributed by atoms with van der Waals surface area (Å²) in [5.41, 5.74) is 1.88. The standard InChI is InChI=1S/C25H28N4O3S/c1-17-4-7-20(8-5-17)33-25-23(26-12-13-27-25)29-14-10-18(11-15-29)24(30)28-21-9-6-19(31-2)16-22(21)32-3/h4-9,12-13,16,18H,10-11,14-15H2,1-3H3,(H,28,30). The van der Waals surface area contributed by atoms with E-state index in [1.165, 1.54) is 5.56 Å². The second-order valence-corrected chi connectivity index (χ2v) is 8.98. The van der Waals surface area contributed by atoms with Crippen molar-refractivity contribution >= 4 is 29.2 Å². The number of hydrogen-bond donors (Lipinski definition) is 1. The van der Waals surface area contributed by atoms with Crippen molar-refractivity contribution in [1.82, 2.24) is 9.97 Å². The molecule has 1 saturated heterocycles. The highest BCUT2D eigenvalue weighted by molar-refractivity contribution is 7.99. The predicted molar refractivity (Wildman–Crippen MR) is 130 cm³/mol. The highest BCUT2D eigenvalue weighted by Crippen LogP contribution is 2.35. The fourth-order valence-electron chi connectivity index (χ4n) is 3.81. The Kier molecular flexibility index (Phi) is 7.34. The molecule has 8 heteroatoms. The lowest BCUT2D eigenvalue weighted by molar-refractivity contribution is -0.120. The molecule has 1 aromatic heterocycles. The SMILES string of the molecule is COc1ccc(NC(=O)C2CCN(c3nccnc3Sc3ccc(C)cc3)CC2)c(OC)c1. The van der Waals surface area contributed by atoms with Gasteiger partial charge in [0.15, 0.2) is 5.82 Å². The van der Waals surface area contributed by atoms with Crippen LogP contribution in [0.3, 0.4) is 0 Å². The van der Waals surface area contributed by atoms with Gasteiger partial charge in [0.25, 0.3) is 0 Å². The van der Waals surface area contributed by atoms with Gasteiger partial charge in [-0.1, -0.05) is 29.5 Å². The third-order valence-electron chi connectivity index (χ3n) is 5.71. The largest absolute Gasteiger partial charge is 0.497 e. The summed E-state index contributed by atoms with van der Waals surface area (Å²) in [4.78, 5) is 25.5. The van der Waals surface area contributed by atoms with Crippen LogP contribution in [-0.4, -0.2) is 43.2 Å². The third-order valence-corrected chi connectivity index (χ3v) is 6.70. The predicted octanol–water partition coefficient (Wildman–Crippen LogP) is 4.81. The van der Waals surface area contributed by atoms with Crippen LogP contribution in [0.5, 0.6) is 11.5 Å². The van der Waals surface area contributed by atoms with Gasteiger partial charge in [-0.25, -0.2) is 9.97 Å². The summed E-state index contributed by atoms with van der Waals surface area (Å²) < 4.78 is 10.6. The minimum absolute atomic E-state index is 0.00603. The number of aryl methyl sites for hydroxylation is 1. The quantitative estimate of drug-likeness (QED) is 0.538. The van der Waals surface area contributed by atoms with Crippen LogP contribution in [0.25, 0.3) is 0 Å². The Hall–Kier alpha value is -3.26. The monoisotopic (exact) mass is 464 g/mol. The number of ether oxygens (including phenoxy) is 2. The van der Waals surface area contributed by atoms with E-state index in [4.69, 9.17) is 9.47 Å². The number of benzene rings is 2. The number of amides is 1. The molecule has 4 rings (SSSR count). The zero-order valence-corrected chi connectivity index (χ0v) is 19.9. The Bertz CT molecular complexity index is 1100. The molecule has 0 bridgehead atoms. The van der Waals surface area contributed by atoms with Crippen LogP contribution >= 0.6 is 11.8 Å². The van der Waals surface area contributed by atoms with Crippen LogP contribution in [0.1, 0.15) is 18.4 Å². The van der Waals surface area contributed by atoms with Crippen LogP contribution < -0.4 is 19.7 Å². The smallest absolute Gasteiger partial charge is 0.227 e. The van der Waals surface area contributed by atoms with Crippen molar-refractivity contribution in [2.45, 2.75) is 29.7 Å². The molecule has 0 unspecified atom stereocenters. The Labute approximate surface area is 198 Å². The number of nitrogens with zero attached hydrogens (tertiary/aromatic N) is 3.